The molecule has 0 saturated heterocycles. The van der Waals surface area contributed by atoms with E-state index in [2.05, 4.69) is 26.1 Å². The minimum Gasteiger partial charge on any atom is -0.382 e. The summed E-state index contributed by atoms with van der Waals surface area (Å²) >= 11 is 1.88. The van der Waals surface area contributed by atoms with Crippen LogP contribution in [0.5, 0.6) is 0 Å². The number of hydrogen-bond donors (Lipinski definition) is 1. The molecule has 0 spiro atoms. The third kappa shape index (κ3) is 2.33. The van der Waals surface area contributed by atoms with Gasteiger partial charge in [-0.15, -0.1) is 11.3 Å². The maximum Gasteiger partial charge on any atom is 0.116 e. The summed E-state index contributed by atoms with van der Waals surface area (Å²) in [6.07, 6.45) is 3.63. The van der Waals surface area contributed by atoms with Crippen LogP contribution in [0.25, 0.3) is 0 Å². The van der Waals surface area contributed by atoms with Crippen LogP contribution in [0.3, 0.4) is 0 Å². The average Bonchev–Trinajstić information content (AvgIpc) is 2.88. The number of methoxy groups -OCH3 is 1. The molecule has 1 aromatic rings. The molecule has 0 fully saturated rings. The molecule has 0 amide bonds. The number of fused-ring (bicyclic) bond motifs is 1. The number of nitrogens with one attached hydrogen (secondary N) is 1. The van der Waals surface area contributed by atoms with Crippen molar-refractivity contribution in [2.75, 3.05) is 20.3 Å². The van der Waals surface area contributed by atoms with Crippen LogP contribution in [-0.4, -0.2) is 25.2 Å². The summed E-state index contributed by atoms with van der Waals surface area (Å²) in [5.74, 6) is 0.462. The van der Waals surface area contributed by atoms with Crippen LogP contribution < -0.4 is 5.32 Å². The largest absolute Gasteiger partial charge is 0.382 e. The number of hydrogen-bond acceptors (Lipinski definition) is 4. The lowest BCUT2D eigenvalue weighted by Crippen LogP contribution is -2.50. The molecule has 0 radical (unpaired) electrons. The van der Waals surface area contributed by atoms with Gasteiger partial charge in [0.1, 0.15) is 5.01 Å². The molecule has 0 aliphatic heterocycles. The molecule has 1 atom stereocenters. The molecule has 0 saturated carbocycles. The minimum absolute atomic E-state index is 0.126. The first-order valence-corrected chi connectivity index (χ1v) is 7.68. The first-order chi connectivity index (χ1) is 8.64. The smallest absolute Gasteiger partial charge is 0.116 e. The highest BCUT2D eigenvalue weighted by molar-refractivity contribution is 7.12. The third-order valence-electron chi connectivity index (χ3n) is 3.83. The number of aromatic nitrogens is 1. The summed E-state index contributed by atoms with van der Waals surface area (Å²) in [7, 11) is 1.77. The molecule has 1 heterocycles. The van der Waals surface area contributed by atoms with Crippen LogP contribution in [0, 0.1) is 5.92 Å². The fourth-order valence-corrected chi connectivity index (χ4v) is 4.18. The summed E-state index contributed by atoms with van der Waals surface area (Å²) in [4.78, 5) is 6.39. The van der Waals surface area contributed by atoms with Crippen molar-refractivity contribution in [3.8, 4) is 0 Å². The number of likely N-dealkylation sites (N-methyl/N-ethyl adjacent to an activating group) is 1. The second-order valence-electron chi connectivity index (χ2n) is 5.33. The van der Waals surface area contributed by atoms with Crippen molar-refractivity contribution >= 4 is 11.3 Å². The van der Waals surface area contributed by atoms with E-state index >= 15 is 0 Å². The molecule has 1 aliphatic rings. The Balaban J connectivity index is 2.37. The minimum atomic E-state index is -0.126. The number of ether oxygens (including phenoxy) is 1. The van der Waals surface area contributed by atoms with Gasteiger partial charge >= 0.3 is 0 Å². The van der Waals surface area contributed by atoms with E-state index in [0.29, 0.717) is 12.5 Å². The van der Waals surface area contributed by atoms with Crippen LogP contribution >= 0.6 is 11.3 Å². The molecule has 3 nitrogen and oxygen atoms in total. The van der Waals surface area contributed by atoms with Crippen molar-refractivity contribution in [3.05, 3.63) is 15.6 Å². The van der Waals surface area contributed by atoms with E-state index in [4.69, 9.17) is 9.72 Å². The quantitative estimate of drug-likeness (QED) is 0.861. The van der Waals surface area contributed by atoms with Crippen LogP contribution in [0.1, 0.15) is 42.8 Å². The first kappa shape index (κ1) is 14.0. The van der Waals surface area contributed by atoms with Gasteiger partial charge in [0, 0.05) is 12.0 Å². The number of aryl methyl sites for hydroxylation is 2. The van der Waals surface area contributed by atoms with Gasteiger partial charge in [-0.3, -0.25) is 0 Å². The van der Waals surface area contributed by atoms with E-state index in [1.165, 1.54) is 28.4 Å². The van der Waals surface area contributed by atoms with Crippen molar-refractivity contribution in [1.29, 1.82) is 0 Å². The second-order valence-corrected chi connectivity index (χ2v) is 6.42. The molecule has 0 aromatic carbocycles. The molecular formula is C14H24N2OS. The summed E-state index contributed by atoms with van der Waals surface area (Å²) in [5.41, 5.74) is 1.20. The maximum atomic E-state index is 5.48. The fourth-order valence-electron chi connectivity index (χ4n) is 2.73. The zero-order valence-corrected chi connectivity index (χ0v) is 12.7. The summed E-state index contributed by atoms with van der Waals surface area (Å²) in [6.45, 7) is 8.26. The Labute approximate surface area is 114 Å². The van der Waals surface area contributed by atoms with Crippen molar-refractivity contribution in [2.45, 2.75) is 45.6 Å². The van der Waals surface area contributed by atoms with Gasteiger partial charge in [-0.2, -0.15) is 0 Å². The van der Waals surface area contributed by atoms with Crippen LogP contribution in [0.4, 0.5) is 0 Å². The Morgan fingerprint density at radius 3 is 2.78 bits per heavy atom. The lowest BCUT2D eigenvalue weighted by atomic mass is 9.87. The van der Waals surface area contributed by atoms with Gasteiger partial charge in [0.2, 0.25) is 0 Å². The predicted molar refractivity (Wildman–Crippen MR) is 76.2 cm³/mol. The van der Waals surface area contributed by atoms with E-state index in [0.717, 1.165) is 13.0 Å². The predicted octanol–water partition coefficient (Wildman–Crippen LogP) is 2.74. The lowest BCUT2D eigenvalue weighted by Gasteiger charge is -2.36. The van der Waals surface area contributed by atoms with Crippen LogP contribution in [-0.2, 0) is 23.1 Å². The van der Waals surface area contributed by atoms with Gasteiger partial charge in [-0.05, 0) is 31.7 Å². The summed E-state index contributed by atoms with van der Waals surface area (Å²) in [5, 5.41) is 4.84. The Kier molecular flexibility index (Phi) is 4.41. The molecule has 1 aliphatic carbocycles. The molecule has 2 rings (SSSR count). The third-order valence-corrected chi connectivity index (χ3v) is 5.16. The van der Waals surface area contributed by atoms with Crippen molar-refractivity contribution in [1.82, 2.24) is 10.3 Å². The Morgan fingerprint density at radius 1 is 1.44 bits per heavy atom. The van der Waals surface area contributed by atoms with Gasteiger partial charge < -0.3 is 10.1 Å². The summed E-state index contributed by atoms with van der Waals surface area (Å²) in [6, 6.07) is 0. The van der Waals surface area contributed by atoms with Gasteiger partial charge in [0.15, 0.2) is 0 Å². The second kappa shape index (κ2) is 5.68. The molecule has 0 bridgehead atoms. The normalized spacial score (nSPS) is 18.1. The van der Waals surface area contributed by atoms with Gasteiger partial charge in [-0.25, -0.2) is 4.98 Å². The van der Waals surface area contributed by atoms with E-state index in [1.807, 2.05) is 11.3 Å². The standard InChI is InChI=1S/C14H24N2OS/c1-5-15-14(9-17-4,10(2)3)13-16-11-7-6-8-12(11)18-13/h10,15H,5-9H2,1-4H3. The Bertz CT molecular complexity index is 373. The molecule has 1 unspecified atom stereocenters. The molecular weight excluding hydrogens is 244 g/mol. The highest BCUT2D eigenvalue weighted by Gasteiger charge is 2.39. The zero-order valence-electron chi connectivity index (χ0n) is 11.9. The van der Waals surface area contributed by atoms with Gasteiger partial charge in [0.25, 0.3) is 0 Å². The maximum absolute atomic E-state index is 5.48. The van der Waals surface area contributed by atoms with E-state index in [9.17, 15) is 0 Å². The van der Waals surface area contributed by atoms with Crippen molar-refractivity contribution in [2.24, 2.45) is 5.92 Å². The van der Waals surface area contributed by atoms with Gasteiger partial charge in [-0.1, -0.05) is 20.8 Å². The van der Waals surface area contributed by atoms with E-state index in [-0.39, 0.29) is 5.54 Å². The summed E-state index contributed by atoms with van der Waals surface area (Å²) < 4.78 is 5.48. The number of nitrogens with zero attached hydrogens (tertiary/aromatic N) is 1. The van der Waals surface area contributed by atoms with Crippen molar-refractivity contribution in [3.63, 3.8) is 0 Å². The van der Waals surface area contributed by atoms with Gasteiger partial charge in [0.05, 0.1) is 17.8 Å². The van der Waals surface area contributed by atoms with E-state index in [1.54, 1.807) is 7.11 Å². The van der Waals surface area contributed by atoms with Crippen LogP contribution in [0.2, 0.25) is 0 Å². The Hall–Kier alpha value is -0.450. The zero-order chi connectivity index (χ0) is 13.2. The van der Waals surface area contributed by atoms with Crippen molar-refractivity contribution < 1.29 is 4.74 Å². The molecule has 102 valence electrons. The number of rotatable bonds is 6. The van der Waals surface area contributed by atoms with Crippen LogP contribution in [0.15, 0.2) is 0 Å². The lowest BCUT2D eigenvalue weighted by molar-refractivity contribution is 0.0773. The topological polar surface area (TPSA) is 34.1 Å². The molecule has 1 N–H and O–H groups in total. The fraction of sp³-hybridized carbons (Fsp3) is 0.786. The Morgan fingerprint density at radius 2 is 2.22 bits per heavy atom. The molecule has 18 heavy (non-hydrogen) atoms. The first-order valence-electron chi connectivity index (χ1n) is 6.87. The number of thiazole rings is 1. The monoisotopic (exact) mass is 268 g/mol. The highest BCUT2D eigenvalue weighted by atomic mass is 32.1. The van der Waals surface area contributed by atoms with E-state index < -0.39 is 0 Å². The highest BCUT2D eigenvalue weighted by Crippen LogP contribution is 2.37. The average molecular weight is 268 g/mol. The molecule has 1 aromatic heterocycles. The SMILES string of the molecule is CCNC(COC)(c1nc2c(s1)CCC2)C(C)C. The molecule has 4 heteroatoms.